The third-order valence-corrected chi connectivity index (χ3v) is 10.2. The highest BCUT2D eigenvalue weighted by molar-refractivity contribution is 6.84. The van der Waals surface area contributed by atoms with Crippen molar-refractivity contribution >= 4 is 16.3 Å². The maximum absolute atomic E-state index is 3.94. The van der Waals surface area contributed by atoms with E-state index >= 15 is 0 Å². The van der Waals surface area contributed by atoms with E-state index in [2.05, 4.69) is 57.1 Å². The molecule has 0 N–H and O–H groups in total. The highest BCUT2D eigenvalue weighted by Gasteiger charge is 2.27. The zero-order valence-electron chi connectivity index (χ0n) is 10.1. The Morgan fingerprint density at radius 3 is 1.85 bits per heavy atom. The number of nitrogens with zero attached hydrogens (tertiary/aromatic N) is 1. The normalized spacial score (nSPS) is 13.5. The average Bonchev–Trinajstić information content (AvgIpc) is 2.01. The van der Waals surface area contributed by atoms with E-state index < -0.39 is 16.3 Å². The zero-order chi connectivity index (χ0) is 10.7. The first-order valence-corrected chi connectivity index (χ1v) is 11.5. The number of rotatable bonds is 5. The van der Waals surface area contributed by atoms with Crippen LogP contribution in [0.3, 0.4) is 0 Å². The molecule has 0 aromatic heterocycles. The molecular formula is C10H25NSi2. The van der Waals surface area contributed by atoms with E-state index in [1.54, 1.807) is 0 Å². The van der Waals surface area contributed by atoms with Gasteiger partial charge < -0.3 is 4.57 Å². The van der Waals surface area contributed by atoms with Gasteiger partial charge in [0.25, 0.3) is 0 Å². The summed E-state index contributed by atoms with van der Waals surface area (Å²) in [5.41, 5.74) is 2.22. The largest absolute Gasteiger partial charge is 0.329 e. The second kappa shape index (κ2) is 4.57. The van der Waals surface area contributed by atoms with Gasteiger partial charge in [-0.15, -0.1) is 12.3 Å². The van der Waals surface area contributed by atoms with Crippen LogP contribution in [0, 0.1) is 0 Å². The molecule has 0 aromatic rings. The molecule has 0 atom stereocenters. The van der Waals surface area contributed by atoms with Crippen molar-refractivity contribution < 1.29 is 0 Å². The molecule has 1 nitrogen and oxygen atoms in total. The summed E-state index contributed by atoms with van der Waals surface area (Å²) >= 11 is 0. The van der Waals surface area contributed by atoms with E-state index in [0.29, 0.717) is 0 Å². The standard InChI is InChI=1S/C10H25NSi2/c1-8-12(4,5)9-10-13(6,7)11(2)3/h8H,1,9-10H2,2-7H3. The predicted molar refractivity (Wildman–Crippen MR) is 68.5 cm³/mol. The van der Waals surface area contributed by atoms with Gasteiger partial charge in [-0.25, -0.2) is 0 Å². The Balaban J connectivity index is 4.09. The van der Waals surface area contributed by atoms with Crippen LogP contribution in [0.4, 0.5) is 0 Å². The van der Waals surface area contributed by atoms with Gasteiger partial charge in [0.1, 0.15) is 8.24 Å². The highest BCUT2D eigenvalue weighted by Crippen LogP contribution is 2.21. The summed E-state index contributed by atoms with van der Waals surface area (Å²) in [6.07, 6.45) is 0. The topological polar surface area (TPSA) is 3.24 Å². The van der Waals surface area contributed by atoms with Crippen LogP contribution < -0.4 is 0 Å². The minimum atomic E-state index is -1.09. The molecule has 0 radical (unpaired) electrons. The second-order valence-corrected chi connectivity index (χ2v) is 15.3. The Bertz CT molecular complexity index is 174. The summed E-state index contributed by atoms with van der Waals surface area (Å²) in [6, 6.07) is 2.80. The molecule has 0 aliphatic rings. The number of hydrogen-bond donors (Lipinski definition) is 0. The lowest BCUT2D eigenvalue weighted by Gasteiger charge is -2.32. The summed E-state index contributed by atoms with van der Waals surface area (Å²) in [7, 11) is 2.29. The minimum absolute atomic E-state index is 1.06. The van der Waals surface area contributed by atoms with E-state index in [1.165, 1.54) is 12.1 Å². The van der Waals surface area contributed by atoms with Crippen molar-refractivity contribution in [3.8, 4) is 0 Å². The summed E-state index contributed by atoms with van der Waals surface area (Å²) < 4.78 is 2.45. The third kappa shape index (κ3) is 4.79. The van der Waals surface area contributed by atoms with Crippen LogP contribution in [0.5, 0.6) is 0 Å². The first kappa shape index (κ1) is 13.1. The number of hydrogen-bond acceptors (Lipinski definition) is 1. The summed E-state index contributed by atoms with van der Waals surface area (Å²) in [6.45, 7) is 13.6. The van der Waals surface area contributed by atoms with Gasteiger partial charge in [0.05, 0.1) is 8.07 Å². The van der Waals surface area contributed by atoms with E-state index in [0.717, 1.165) is 0 Å². The van der Waals surface area contributed by atoms with Gasteiger partial charge in [0.15, 0.2) is 0 Å². The molecule has 0 rings (SSSR count). The van der Waals surface area contributed by atoms with Gasteiger partial charge in [0, 0.05) is 0 Å². The van der Waals surface area contributed by atoms with Gasteiger partial charge in [-0.1, -0.05) is 32.2 Å². The molecule has 0 fully saturated rings. The van der Waals surface area contributed by atoms with Gasteiger partial charge in [-0.3, -0.25) is 0 Å². The summed E-state index contributed by atoms with van der Waals surface area (Å²) in [5, 5.41) is 0. The Hall–Kier alpha value is 0.134. The van der Waals surface area contributed by atoms with Crippen LogP contribution in [0.15, 0.2) is 12.3 Å². The Kier molecular flexibility index (Phi) is 4.62. The van der Waals surface area contributed by atoms with Gasteiger partial charge in [0.2, 0.25) is 0 Å². The third-order valence-electron chi connectivity index (χ3n) is 3.14. The molecule has 0 spiro atoms. The van der Waals surface area contributed by atoms with Gasteiger partial charge in [-0.2, -0.15) is 0 Å². The first-order valence-electron chi connectivity index (χ1n) is 5.02. The summed E-state index contributed by atoms with van der Waals surface area (Å²) in [4.78, 5) is 0. The molecule has 0 unspecified atom stereocenters. The lowest BCUT2D eigenvalue weighted by molar-refractivity contribution is 0.619. The van der Waals surface area contributed by atoms with Crippen LogP contribution in [0.25, 0.3) is 0 Å². The van der Waals surface area contributed by atoms with Crippen molar-refractivity contribution in [1.82, 2.24) is 4.57 Å². The maximum atomic E-state index is 3.94. The molecule has 78 valence electrons. The molecule has 0 aliphatic heterocycles. The average molecular weight is 215 g/mol. The van der Waals surface area contributed by atoms with Crippen molar-refractivity contribution in [1.29, 1.82) is 0 Å². The van der Waals surface area contributed by atoms with Crippen LogP contribution in [0.2, 0.25) is 38.3 Å². The van der Waals surface area contributed by atoms with Crippen molar-refractivity contribution in [3.05, 3.63) is 12.3 Å². The quantitative estimate of drug-likeness (QED) is 0.637. The van der Waals surface area contributed by atoms with E-state index in [1.807, 2.05) is 0 Å². The van der Waals surface area contributed by atoms with Crippen molar-refractivity contribution in [3.63, 3.8) is 0 Å². The van der Waals surface area contributed by atoms with Crippen LogP contribution >= 0.6 is 0 Å². The van der Waals surface area contributed by atoms with E-state index in [4.69, 9.17) is 0 Å². The molecule has 0 aromatic carbocycles. The lowest BCUT2D eigenvalue weighted by atomic mass is 10.9. The highest BCUT2D eigenvalue weighted by atomic mass is 28.3. The van der Waals surface area contributed by atoms with Crippen molar-refractivity contribution in [2.75, 3.05) is 14.1 Å². The van der Waals surface area contributed by atoms with Crippen LogP contribution in [0.1, 0.15) is 0 Å². The molecule has 3 heteroatoms. The lowest BCUT2D eigenvalue weighted by Crippen LogP contribution is -2.44. The molecule has 0 saturated heterocycles. The fourth-order valence-electron chi connectivity index (χ4n) is 0.954. The zero-order valence-corrected chi connectivity index (χ0v) is 12.1. The fourth-order valence-corrected chi connectivity index (χ4v) is 6.63. The molecular weight excluding hydrogens is 190 g/mol. The Labute approximate surface area is 85.9 Å². The molecule has 0 heterocycles. The molecule has 0 aliphatic carbocycles. The van der Waals surface area contributed by atoms with Crippen LogP contribution in [-0.4, -0.2) is 35.0 Å². The van der Waals surface area contributed by atoms with E-state index in [9.17, 15) is 0 Å². The van der Waals surface area contributed by atoms with Crippen molar-refractivity contribution in [2.45, 2.75) is 38.3 Å². The fraction of sp³-hybridized carbons (Fsp3) is 0.800. The van der Waals surface area contributed by atoms with Gasteiger partial charge in [-0.05, 0) is 20.1 Å². The molecule has 0 saturated carbocycles. The Morgan fingerprint density at radius 1 is 1.08 bits per heavy atom. The van der Waals surface area contributed by atoms with Crippen molar-refractivity contribution in [2.24, 2.45) is 0 Å². The SMILES string of the molecule is C=C[Si](C)(C)CC[Si](C)(C)N(C)C. The Morgan fingerprint density at radius 2 is 1.54 bits per heavy atom. The smallest absolute Gasteiger partial charge is 0.121 e. The van der Waals surface area contributed by atoms with E-state index in [-0.39, 0.29) is 0 Å². The minimum Gasteiger partial charge on any atom is -0.329 e. The van der Waals surface area contributed by atoms with Gasteiger partial charge >= 0.3 is 0 Å². The monoisotopic (exact) mass is 215 g/mol. The second-order valence-electron chi connectivity index (χ2n) is 5.40. The first-order chi connectivity index (χ1) is 5.71. The molecule has 13 heavy (non-hydrogen) atoms. The summed E-state index contributed by atoms with van der Waals surface area (Å²) in [5.74, 6) is 0. The molecule has 0 amide bonds. The maximum Gasteiger partial charge on any atom is 0.121 e. The molecule has 0 bridgehead atoms. The predicted octanol–water partition coefficient (Wildman–Crippen LogP) is 3.19. The van der Waals surface area contributed by atoms with Crippen LogP contribution in [-0.2, 0) is 0 Å².